The van der Waals surface area contributed by atoms with Crippen LogP contribution in [0.15, 0.2) is 59.5 Å². The Morgan fingerprint density at radius 2 is 2.03 bits per heavy atom. The van der Waals surface area contributed by atoms with Gasteiger partial charge in [-0.05, 0) is 42.8 Å². The number of rotatable bonds is 5. The summed E-state index contributed by atoms with van der Waals surface area (Å²) in [6, 6.07) is 8.25. The first-order valence-electron chi connectivity index (χ1n) is 9.41. The van der Waals surface area contributed by atoms with E-state index in [0.29, 0.717) is 36.6 Å². The largest absolute Gasteiger partial charge is 0.573 e. The Hall–Kier alpha value is -3.53. The van der Waals surface area contributed by atoms with Crippen LogP contribution in [0.1, 0.15) is 16.8 Å². The minimum Gasteiger partial charge on any atom is -0.472 e. The minimum absolute atomic E-state index is 0.260. The highest BCUT2D eigenvalue weighted by molar-refractivity contribution is 6.05. The predicted molar refractivity (Wildman–Crippen MR) is 106 cm³/mol. The van der Waals surface area contributed by atoms with E-state index in [1.54, 1.807) is 12.1 Å². The molecule has 1 aromatic carbocycles. The smallest absolute Gasteiger partial charge is 0.472 e. The van der Waals surface area contributed by atoms with Gasteiger partial charge in [0.2, 0.25) is 0 Å². The number of aliphatic hydroxyl groups is 1. The van der Waals surface area contributed by atoms with Gasteiger partial charge in [0.05, 0.1) is 24.2 Å². The number of β-amino-alcohol motifs (C(OH)–C–C–N with tert-alkyl or cyclic N) is 1. The van der Waals surface area contributed by atoms with Crippen molar-refractivity contribution in [2.75, 3.05) is 23.3 Å². The van der Waals surface area contributed by atoms with E-state index < -0.39 is 18.4 Å². The first kappa shape index (κ1) is 20.7. The number of aliphatic hydroxyl groups excluding tert-OH is 1. The highest BCUT2D eigenvalue weighted by Gasteiger charge is 2.31. The lowest BCUT2D eigenvalue weighted by molar-refractivity contribution is -0.274. The average molecular weight is 433 g/mol. The molecular weight excluding hydrogens is 415 g/mol. The topological polar surface area (TPSA) is 87.8 Å². The Morgan fingerprint density at radius 3 is 2.65 bits per heavy atom. The third-order valence-electron chi connectivity index (χ3n) is 4.77. The molecule has 1 amide bonds. The second-order valence-corrected chi connectivity index (χ2v) is 7.02. The summed E-state index contributed by atoms with van der Waals surface area (Å²) in [6.07, 6.45) is -0.134. The highest BCUT2D eigenvalue weighted by atomic mass is 19.4. The van der Waals surface area contributed by atoms with Gasteiger partial charge in [-0.2, -0.15) is 0 Å². The van der Waals surface area contributed by atoms with Gasteiger partial charge in [0.1, 0.15) is 11.6 Å². The van der Waals surface area contributed by atoms with Crippen molar-refractivity contribution >= 4 is 17.4 Å². The number of carbonyl (C=O) groups excluding carboxylic acids is 1. The average Bonchev–Trinajstić information content (AvgIpc) is 3.40. The summed E-state index contributed by atoms with van der Waals surface area (Å²) in [5, 5.41) is 12.5. The quantitative estimate of drug-likeness (QED) is 0.631. The number of carbonyl (C=O) groups is 1. The van der Waals surface area contributed by atoms with Crippen molar-refractivity contribution in [3.63, 3.8) is 0 Å². The van der Waals surface area contributed by atoms with Gasteiger partial charge in [-0.1, -0.05) is 0 Å². The van der Waals surface area contributed by atoms with Gasteiger partial charge in [-0.15, -0.1) is 13.2 Å². The number of aromatic nitrogens is 1. The van der Waals surface area contributed by atoms with Crippen LogP contribution in [0.5, 0.6) is 5.75 Å². The maximum Gasteiger partial charge on any atom is 0.573 e. The Morgan fingerprint density at radius 1 is 1.26 bits per heavy atom. The monoisotopic (exact) mass is 433 g/mol. The third-order valence-corrected chi connectivity index (χ3v) is 4.77. The molecule has 0 saturated carbocycles. The number of anilines is 2. The predicted octanol–water partition coefficient (Wildman–Crippen LogP) is 4.06. The van der Waals surface area contributed by atoms with Gasteiger partial charge in [-0.3, -0.25) is 4.79 Å². The molecule has 4 rings (SSSR count). The number of alkyl halides is 3. The molecule has 1 saturated heterocycles. The fourth-order valence-corrected chi connectivity index (χ4v) is 3.34. The van der Waals surface area contributed by atoms with Crippen LogP contribution in [-0.2, 0) is 0 Å². The molecule has 0 spiro atoms. The molecule has 1 aliphatic heterocycles. The van der Waals surface area contributed by atoms with Crippen LogP contribution in [0.25, 0.3) is 11.1 Å². The minimum atomic E-state index is -4.78. The van der Waals surface area contributed by atoms with E-state index in [2.05, 4.69) is 15.0 Å². The van der Waals surface area contributed by atoms with Crippen LogP contribution < -0.4 is 15.0 Å². The van der Waals surface area contributed by atoms with Crippen LogP contribution in [0.3, 0.4) is 0 Å². The lowest BCUT2D eigenvalue weighted by Crippen LogP contribution is -2.23. The van der Waals surface area contributed by atoms with Crippen molar-refractivity contribution in [3.05, 3.63) is 60.7 Å². The molecule has 1 unspecified atom stereocenters. The molecule has 1 fully saturated rings. The molecule has 31 heavy (non-hydrogen) atoms. The number of ether oxygens (including phenoxy) is 1. The van der Waals surface area contributed by atoms with Gasteiger partial charge >= 0.3 is 6.36 Å². The molecule has 1 atom stereocenters. The molecule has 7 nitrogen and oxygen atoms in total. The van der Waals surface area contributed by atoms with E-state index in [9.17, 15) is 23.1 Å². The molecule has 0 aliphatic carbocycles. The lowest BCUT2D eigenvalue weighted by atomic mass is 10.1. The van der Waals surface area contributed by atoms with Crippen molar-refractivity contribution in [1.29, 1.82) is 0 Å². The summed E-state index contributed by atoms with van der Waals surface area (Å²) in [7, 11) is 0. The molecule has 10 heteroatoms. The van der Waals surface area contributed by atoms with Crippen molar-refractivity contribution in [2.45, 2.75) is 18.9 Å². The maximum absolute atomic E-state index is 12.7. The number of furan rings is 1. The molecular formula is C21H18F3N3O4. The summed E-state index contributed by atoms with van der Waals surface area (Å²) >= 11 is 0. The first-order chi connectivity index (χ1) is 14.8. The Labute approximate surface area is 175 Å². The molecule has 0 radical (unpaired) electrons. The summed E-state index contributed by atoms with van der Waals surface area (Å²) in [5.41, 5.74) is 1.96. The van der Waals surface area contributed by atoms with E-state index in [4.69, 9.17) is 4.42 Å². The fraction of sp³-hybridized carbons (Fsp3) is 0.238. The molecule has 2 aromatic heterocycles. The number of benzene rings is 1. The number of pyridine rings is 1. The standard InChI is InChI=1S/C21H18F3N3O4/c22-21(23,24)31-17-3-1-15(2-4-17)26-20(29)14-9-18(13-6-8-30-12-13)19(25-10-14)27-7-5-16(28)11-27/h1-4,6,8-10,12,16,28H,5,7,11H2,(H,26,29). The zero-order chi connectivity index (χ0) is 22.0. The zero-order valence-electron chi connectivity index (χ0n) is 16.1. The van der Waals surface area contributed by atoms with Crippen molar-refractivity contribution in [1.82, 2.24) is 4.98 Å². The number of halogens is 3. The Kier molecular flexibility index (Phi) is 5.55. The molecule has 3 heterocycles. The van der Waals surface area contributed by atoms with E-state index in [1.807, 2.05) is 4.90 Å². The van der Waals surface area contributed by atoms with E-state index in [1.165, 1.54) is 30.9 Å². The van der Waals surface area contributed by atoms with E-state index in [-0.39, 0.29) is 11.3 Å². The SMILES string of the molecule is O=C(Nc1ccc(OC(F)(F)F)cc1)c1cnc(N2CCC(O)C2)c(-c2ccoc2)c1. The molecule has 162 valence electrons. The number of nitrogens with zero attached hydrogens (tertiary/aromatic N) is 2. The van der Waals surface area contributed by atoms with Crippen molar-refractivity contribution in [2.24, 2.45) is 0 Å². The number of amides is 1. The van der Waals surface area contributed by atoms with Gasteiger partial charge < -0.3 is 24.5 Å². The second kappa shape index (κ2) is 8.31. The van der Waals surface area contributed by atoms with Crippen molar-refractivity contribution < 1.29 is 32.2 Å². The highest BCUT2D eigenvalue weighted by Crippen LogP contribution is 2.32. The number of nitrogens with one attached hydrogen (secondary N) is 1. The van der Waals surface area contributed by atoms with Crippen LogP contribution in [-0.4, -0.2) is 41.6 Å². The van der Waals surface area contributed by atoms with Gasteiger partial charge in [0.25, 0.3) is 5.91 Å². The van der Waals surface area contributed by atoms with E-state index >= 15 is 0 Å². The van der Waals surface area contributed by atoms with Crippen LogP contribution >= 0.6 is 0 Å². The summed E-state index contributed by atoms with van der Waals surface area (Å²) in [5.74, 6) is -0.232. The molecule has 3 aromatic rings. The third kappa shape index (κ3) is 4.97. The zero-order valence-corrected chi connectivity index (χ0v) is 16.1. The molecule has 1 aliphatic rings. The summed E-state index contributed by atoms with van der Waals surface area (Å²) < 4.78 is 45.8. The normalized spacial score (nSPS) is 16.4. The summed E-state index contributed by atoms with van der Waals surface area (Å²) in [6.45, 7) is 1.08. The van der Waals surface area contributed by atoms with Crippen molar-refractivity contribution in [3.8, 4) is 16.9 Å². The molecule has 0 bridgehead atoms. The van der Waals surface area contributed by atoms with Gasteiger partial charge in [-0.25, -0.2) is 4.98 Å². The van der Waals surface area contributed by atoms with Crippen LogP contribution in [0.4, 0.5) is 24.7 Å². The number of hydrogen-bond acceptors (Lipinski definition) is 6. The van der Waals surface area contributed by atoms with Crippen LogP contribution in [0.2, 0.25) is 0 Å². The fourth-order valence-electron chi connectivity index (χ4n) is 3.34. The Balaban J connectivity index is 1.55. The van der Waals surface area contributed by atoms with Crippen LogP contribution in [0, 0.1) is 0 Å². The Bertz CT molecular complexity index is 1050. The van der Waals surface area contributed by atoms with E-state index in [0.717, 1.165) is 17.7 Å². The second-order valence-electron chi connectivity index (χ2n) is 7.02. The lowest BCUT2D eigenvalue weighted by Gasteiger charge is -2.20. The van der Waals surface area contributed by atoms with Gasteiger partial charge in [0, 0.05) is 36.1 Å². The van der Waals surface area contributed by atoms with Gasteiger partial charge in [0.15, 0.2) is 0 Å². The summed E-state index contributed by atoms with van der Waals surface area (Å²) in [4.78, 5) is 19.1. The molecule has 2 N–H and O–H groups in total. The maximum atomic E-state index is 12.7. The number of hydrogen-bond donors (Lipinski definition) is 2. The first-order valence-corrected chi connectivity index (χ1v) is 9.41.